The van der Waals surface area contributed by atoms with Crippen molar-refractivity contribution in [2.24, 2.45) is 0 Å². The molecule has 0 atom stereocenters. The molecule has 0 radical (unpaired) electrons. The summed E-state index contributed by atoms with van der Waals surface area (Å²) in [6.07, 6.45) is 0. The van der Waals surface area contributed by atoms with Gasteiger partial charge in [0.15, 0.2) is 5.76 Å². The van der Waals surface area contributed by atoms with Gasteiger partial charge in [0.1, 0.15) is 16.8 Å². The van der Waals surface area contributed by atoms with Gasteiger partial charge < -0.3 is 9.73 Å². The van der Waals surface area contributed by atoms with E-state index < -0.39 is 5.91 Å². The third-order valence-electron chi connectivity index (χ3n) is 3.64. The van der Waals surface area contributed by atoms with Crippen LogP contribution in [0.5, 0.6) is 0 Å². The summed E-state index contributed by atoms with van der Waals surface area (Å²) in [4.78, 5) is 12.6. The van der Waals surface area contributed by atoms with Gasteiger partial charge in [0.25, 0.3) is 5.91 Å². The number of halogens is 3. The minimum absolute atomic E-state index is 0.113. The lowest BCUT2D eigenvalue weighted by atomic mass is 10.2. The molecule has 2 aromatic carbocycles. The second-order valence-corrected chi connectivity index (χ2v) is 7.08. The van der Waals surface area contributed by atoms with Crippen molar-refractivity contribution >= 4 is 69.2 Å². The lowest BCUT2D eigenvalue weighted by Gasteiger charge is -2.06. The topological polar surface area (TPSA) is 68.0 Å². The fourth-order valence-electron chi connectivity index (χ4n) is 2.41. The Morgan fingerprint density at radius 1 is 1.00 bits per heavy atom. The number of aromatic nitrogens is 2. The van der Waals surface area contributed by atoms with Crippen LogP contribution in [0, 0.1) is 0 Å². The first-order valence-corrected chi connectivity index (χ1v) is 9.17. The quantitative estimate of drug-likeness (QED) is 0.427. The zero-order chi connectivity index (χ0) is 18.3. The average molecular weight is 425 g/mol. The molecule has 9 heteroatoms. The summed E-state index contributed by atoms with van der Waals surface area (Å²) >= 11 is 19.3. The minimum Gasteiger partial charge on any atom is -0.451 e. The Hall–Kier alpha value is -2.12. The third kappa shape index (κ3) is 3.17. The van der Waals surface area contributed by atoms with Gasteiger partial charge in [-0.2, -0.15) is 8.75 Å². The molecular formula is C17H8Cl3N3O2S. The van der Waals surface area contributed by atoms with Crippen molar-refractivity contribution in [3.8, 4) is 11.3 Å². The predicted octanol–water partition coefficient (Wildman–Crippen LogP) is 6.16. The SMILES string of the molecule is O=C(Nc1c(Cl)ccc2nsnc12)c1ccc(-c2ccc(Cl)cc2Cl)o1. The Labute approximate surface area is 166 Å². The smallest absolute Gasteiger partial charge is 0.291 e. The molecule has 5 nitrogen and oxygen atoms in total. The number of amides is 1. The Kier molecular flexibility index (Phi) is 4.58. The summed E-state index contributed by atoms with van der Waals surface area (Å²) in [6, 6.07) is 11.6. The van der Waals surface area contributed by atoms with E-state index in [4.69, 9.17) is 39.2 Å². The second kappa shape index (κ2) is 6.89. The molecule has 0 saturated carbocycles. The number of nitrogens with one attached hydrogen (secondary N) is 1. The van der Waals surface area contributed by atoms with E-state index in [1.807, 2.05) is 0 Å². The molecule has 0 unspecified atom stereocenters. The molecule has 0 fully saturated rings. The summed E-state index contributed by atoms with van der Waals surface area (Å²) in [5.41, 5.74) is 2.22. The van der Waals surface area contributed by atoms with Crippen LogP contribution < -0.4 is 5.32 Å². The summed E-state index contributed by atoms with van der Waals surface area (Å²) in [6.45, 7) is 0. The van der Waals surface area contributed by atoms with E-state index in [9.17, 15) is 4.79 Å². The Morgan fingerprint density at radius 2 is 1.85 bits per heavy atom. The van der Waals surface area contributed by atoms with Crippen molar-refractivity contribution in [3.05, 3.63) is 63.3 Å². The third-order valence-corrected chi connectivity index (χ3v) is 5.05. The van der Waals surface area contributed by atoms with Crippen molar-refractivity contribution < 1.29 is 9.21 Å². The number of anilines is 1. The second-order valence-electron chi connectivity index (χ2n) is 5.30. The maximum atomic E-state index is 12.6. The number of benzene rings is 2. The maximum Gasteiger partial charge on any atom is 0.291 e. The van der Waals surface area contributed by atoms with E-state index in [0.717, 1.165) is 11.7 Å². The first-order chi connectivity index (χ1) is 12.5. The summed E-state index contributed by atoms with van der Waals surface area (Å²) in [5, 5.41) is 4.04. The van der Waals surface area contributed by atoms with Crippen LogP contribution in [-0.2, 0) is 0 Å². The first-order valence-electron chi connectivity index (χ1n) is 7.30. The molecule has 0 bridgehead atoms. The molecule has 2 aromatic heterocycles. The van der Waals surface area contributed by atoms with Gasteiger partial charge in [-0.15, -0.1) is 0 Å². The lowest BCUT2D eigenvalue weighted by Crippen LogP contribution is -2.11. The summed E-state index contributed by atoms with van der Waals surface area (Å²) in [7, 11) is 0. The number of rotatable bonds is 3. The number of hydrogen-bond donors (Lipinski definition) is 1. The summed E-state index contributed by atoms with van der Waals surface area (Å²) < 4.78 is 13.9. The van der Waals surface area contributed by atoms with Gasteiger partial charge in [-0.25, -0.2) is 0 Å². The van der Waals surface area contributed by atoms with Crippen LogP contribution in [0.1, 0.15) is 10.6 Å². The average Bonchev–Trinajstić information content (AvgIpc) is 3.26. The largest absolute Gasteiger partial charge is 0.451 e. The number of hydrogen-bond acceptors (Lipinski definition) is 5. The maximum absolute atomic E-state index is 12.6. The van der Waals surface area contributed by atoms with E-state index in [1.165, 1.54) is 0 Å². The number of carbonyl (C=O) groups is 1. The fourth-order valence-corrected chi connectivity index (χ4v) is 3.66. The molecule has 130 valence electrons. The van der Waals surface area contributed by atoms with Gasteiger partial charge in [-0.1, -0.05) is 34.8 Å². The van der Waals surface area contributed by atoms with Crippen molar-refractivity contribution in [3.63, 3.8) is 0 Å². The van der Waals surface area contributed by atoms with Crippen LogP contribution in [-0.4, -0.2) is 14.7 Å². The molecule has 1 N–H and O–H groups in total. The van der Waals surface area contributed by atoms with Crippen LogP contribution in [0.15, 0.2) is 46.9 Å². The highest BCUT2D eigenvalue weighted by Gasteiger charge is 2.18. The molecule has 2 heterocycles. The molecule has 0 aliphatic heterocycles. The molecule has 1 amide bonds. The van der Waals surface area contributed by atoms with Crippen molar-refractivity contribution in [2.45, 2.75) is 0 Å². The monoisotopic (exact) mass is 423 g/mol. The van der Waals surface area contributed by atoms with E-state index in [2.05, 4.69) is 14.1 Å². The van der Waals surface area contributed by atoms with E-state index >= 15 is 0 Å². The molecular weight excluding hydrogens is 417 g/mol. The molecule has 0 aliphatic rings. The molecule has 4 rings (SSSR count). The molecule has 26 heavy (non-hydrogen) atoms. The van der Waals surface area contributed by atoms with Crippen LogP contribution in [0.25, 0.3) is 22.4 Å². The van der Waals surface area contributed by atoms with Crippen LogP contribution >= 0.6 is 46.5 Å². The highest BCUT2D eigenvalue weighted by atomic mass is 35.5. The molecule has 4 aromatic rings. The molecule has 0 saturated heterocycles. The van der Waals surface area contributed by atoms with Crippen LogP contribution in [0.3, 0.4) is 0 Å². The van der Waals surface area contributed by atoms with Crippen LogP contribution in [0.4, 0.5) is 5.69 Å². The standard InChI is InChI=1S/C17H8Cl3N3O2S/c18-8-1-2-9(11(20)7-8)13-5-6-14(25-13)17(24)21-15-10(19)3-4-12-16(15)23-26-22-12/h1-7H,(H,21,24). The van der Waals surface area contributed by atoms with E-state index in [1.54, 1.807) is 42.5 Å². The zero-order valence-electron chi connectivity index (χ0n) is 12.8. The van der Waals surface area contributed by atoms with Gasteiger partial charge in [-0.3, -0.25) is 4.79 Å². The van der Waals surface area contributed by atoms with E-state index in [-0.39, 0.29) is 5.76 Å². The predicted molar refractivity (Wildman–Crippen MR) is 105 cm³/mol. The van der Waals surface area contributed by atoms with Crippen molar-refractivity contribution in [2.75, 3.05) is 5.32 Å². The zero-order valence-corrected chi connectivity index (χ0v) is 15.9. The Balaban J connectivity index is 1.64. The van der Waals surface area contributed by atoms with Gasteiger partial charge in [-0.05, 0) is 42.5 Å². The number of nitrogens with zero attached hydrogens (tertiary/aromatic N) is 2. The van der Waals surface area contributed by atoms with Crippen molar-refractivity contribution in [1.29, 1.82) is 0 Å². The summed E-state index contributed by atoms with van der Waals surface area (Å²) in [5.74, 6) is 0.113. The normalized spacial score (nSPS) is 11.0. The number of fused-ring (bicyclic) bond motifs is 1. The van der Waals surface area contributed by atoms with Gasteiger partial charge in [0, 0.05) is 10.6 Å². The highest BCUT2D eigenvalue weighted by molar-refractivity contribution is 7.00. The van der Waals surface area contributed by atoms with E-state index in [0.29, 0.717) is 43.1 Å². The Bertz CT molecular complexity index is 1140. The fraction of sp³-hybridized carbons (Fsp3) is 0. The van der Waals surface area contributed by atoms with Gasteiger partial charge >= 0.3 is 0 Å². The number of furan rings is 1. The lowest BCUT2D eigenvalue weighted by molar-refractivity contribution is 0.0997. The number of carbonyl (C=O) groups excluding carboxylic acids is 1. The molecule has 0 spiro atoms. The Morgan fingerprint density at radius 3 is 2.65 bits per heavy atom. The van der Waals surface area contributed by atoms with Crippen molar-refractivity contribution in [1.82, 2.24) is 8.75 Å². The first kappa shape index (κ1) is 17.3. The van der Waals surface area contributed by atoms with Gasteiger partial charge in [0.2, 0.25) is 0 Å². The highest BCUT2D eigenvalue weighted by Crippen LogP contribution is 2.33. The van der Waals surface area contributed by atoms with Crippen LogP contribution in [0.2, 0.25) is 15.1 Å². The minimum atomic E-state index is -0.455. The van der Waals surface area contributed by atoms with Gasteiger partial charge in [0.05, 0.1) is 27.5 Å². The molecule has 0 aliphatic carbocycles.